The predicted molar refractivity (Wildman–Crippen MR) is 119 cm³/mol. The van der Waals surface area contributed by atoms with Gasteiger partial charge in [-0.3, -0.25) is 22.9 Å². The number of carboxylic acid groups (broad SMARTS) is 6. The maximum absolute atomic E-state index is 8.74. The molecule has 0 saturated heterocycles. The summed E-state index contributed by atoms with van der Waals surface area (Å²) in [6, 6.07) is 0. The van der Waals surface area contributed by atoms with Crippen molar-refractivity contribution >= 4 is 311 Å². The van der Waals surface area contributed by atoms with Gasteiger partial charge in [-0.2, -0.15) is 16.8 Å². The molecule has 0 radical (unpaired) electrons. The summed E-state index contributed by atoms with van der Waals surface area (Å²) in [4.78, 5) is 25.7. The van der Waals surface area contributed by atoms with Crippen LogP contribution in [0.3, 0.4) is 0 Å². The fraction of sp³-hybridized carbons (Fsp3) is 0. The van der Waals surface area contributed by atoms with Gasteiger partial charge in [-0.1, -0.05) is 0 Å². The van der Waals surface area contributed by atoms with Gasteiger partial charge in [0.25, 0.3) is 0 Å². The zero-order valence-electron chi connectivity index (χ0n) is 29.0. The fourth-order valence-corrected chi connectivity index (χ4v) is 0. The standard InChI is InChI=1S/3CH2O3.2Ba.4Ca.FH.Mg.2H2O4S.14H/c3*2-1(3)4;;;;;;;;;2*1-5(2,3)4;;;;;;;;;;;;;;/h3*(H2,2,3,4);;;;;;;1H;;2*(H2,1,2,3,4);;;;;;;;;;;;;;/q;;;6*+2;;+2;;;14*-1. The van der Waals surface area contributed by atoms with Gasteiger partial charge in [0, 0.05) is 0 Å². The molecule has 10 N–H and O–H groups in total. The van der Waals surface area contributed by atoms with Gasteiger partial charge in [-0.25, -0.2) is 14.4 Å². The molecule has 0 saturated carbocycles. The van der Waals surface area contributed by atoms with E-state index in [0.717, 1.165) is 0 Å². The molecule has 0 aromatic heterocycles. The molecule has 0 atom stereocenters. The van der Waals surface area contributed by atoms with E-state index in [4.69, 9.17) is 80.1 Å². The normalized spacial score (nSPS) is 6.27. The van der Waals surface area contributed by atoms with Crippen molar-refractivity contribution in [1.82, 2.24) is 0 Å². The fourth-order valence-electron chi connectivity index (χ4n) is 0. The molecule has 17 nitrogen and oxygen atoms in total. The number of hydrogen-bond donors (Lipinski definition) is 10. The van der Waals surface area contributed by atoms with Crippen LogP contribution in [0.2, 0.25) is 0 Å². The number of rotatable bonds is 0. The largest absolute Gasteiger partial charge is 2.00 e. The van der Waals surface area contributed by atoms with E-state index in [1.165, 1.54) is 0 Å². The van der Waals surface area contributed by atoms with Crippen LogP contribution in [0, 0.1) is 0 Å². The predicted octanol–water partition coefficient (Wildman–Crippen LogP) is -1.58. The smallest absolute Gasteiger partial charge is 1.00 e. The Bertz CT molecular complexity index is 486. The summed E-state index contributed by atoms with van der Waals surface area (Å²) < 4.78 is 63.2. The zero-order chi connectivity index (χ0) is 19.7. The zero-order valence-corrected chi connectivity index (χ0v) is 35.8. The minimum Gasteiger partial charge on any atom is -1.00 e. The molecule has 0 heterocycles. The first-order valence-electron chi connectivity index (χ1n) is 3.35. The van der Waals surface area contributed by atoms with Crippen molar-refractivity contribution in [3.63, 3.8) is 0 Å². The van der Waals surface area contributed by atoms with Crippen LogP contribution in [0.5, 0.6) is 0 Å². The Morgan fingerprint density at radius 1 is 0.500 bits per heavy atom. The summed E-state index contributed by atoms with van der Waals surface area (Å²) in [6.45, 7) is 0. The van der Waals surface area contributed by atoms with Crippen LogP contribution < -0.4 is 0 Å². The average Bonchev–Trinajstić information content (AvgIpc) is 1.88. The summed E-state index contributed by atoms with van der Waals surface area (Å²) in [7, 11) is -9.33. The van der Waals surface area contributed by atoms with Crippen molar-refractivity contribution in [3.05, 3.63) is 0 Å². The summed E-state index contributed by atoms with van der Waals surface area (Å²) in [5.41, 5.74) is 0. The van der Waals surface area contributed by atoms with Crippen LogP contribution in [0.1, 0.15) is 20.0 Å². The first kappa shape index (κ1) is 83.3. The van der Waals surface area contributed by atoms with E-state index < -0.39 is 39.3 Å². The van der Waals surface area contributed by atoms with Gasteiger partial charge in [0.2, 0.25) is 0 Å². The van der Waals surface area contributed by atoms with Crippen LogP contribution >= 0.6 is 0 Å². The van der Waals surface area contributed by atoms with E-state index in [9.17, 15) is 0 Å². The first-order valence-corrected chi connectivity index (χ1v) is 6.14. The van der Waals surface area contributed by atoms with E-state index in [1.54, 1.807) is 0 Å². The Kier molecular flexibility index (Phi) is 155. The second-order valence-corrected chi connectivity index (χ2v) is 3.53. The minimum atomic E-state index is -4.67. The molecule has 0 rings (SSSR count). The average molecular weight is 876 g/mol. The Balaban J connectivity index is -0.00000000292. The van der Waals surface area contributed by atoms with E-state index in [2.05, 4.69) is 0 Å². The van der Waals surface area contributed by atoms with Gasteiger partial charge < -0.3 is 50.6 Å². The summed E-state index contributed by atoms with van der Waals surface area (Å²) in [6.07, 6.45) is -5.50. The van der Waals surface area contributed by atoms with E-state index in [-0.39, 0.29) is 296 Å². The number of halogens is 1. The summed E-state index contributed by atoms with van der Waals surface area (Å²) >= 11 is 0. The third-order valence-electron chi connectivity index (χ3n) is 0. The van der Waals surface area contributed by atoms with Gasteiger partial charge in [0.1, 0.15) is 0 Å². The SMILES string of the molecule is F.O=C(O)O.O=C(O)O.O=C(O)O.O=S(=O)(O)O.O=S(=O)(O)O.[Ba+2].[Ba+2].[Ca+2].[Ca+2].[Ca+2].[Ca+2].[H-].[H-].[H-].[H-].[H-].[H-].[H-].[H-].[H-].[H-].[H-].[H-].[H-].[H-].[Mg+2]. The molecule has 0 aromatic carbocycles. The van der Waals surface area contributed by atoms with Gasteiger partial charge >= 0.3 is 311 Å². The Morgan fingerprint density at radius 2 is 0.500 bits per heavy atom. The molecule has 30 heavy (non-hydrogen) atoms. The number of hydrogen-bond acceptors (Lipinski definition) is 7. The summed E-state index contributed by atoms with van der Waals surface area (Å²) in [5, 5.41) is 41.8. The molecule has 0 aliphatic heterocycles. The molecule has 0 aromatic rings. The summed E-state index contributed by atoms with van der Waals surface area (Å²) in [5.74, 6) is 0. The van der Waals surface area contributed by atoms with Gasteiger partial charge in [-0.15, -0.1) is 0 Å². The molecule has 0 aliphatic carbocycles. The molecule has 0 bridgehead atoms. The maximum atomic E-state index is 8.74. The van der Waals surface area contributed by atoms with Crippen LogP contribution in [-0.4, -0.2) is 356 Å². The van der Waals surface area contributed by atoms with Crippen molar-refractivity contribution in [2.24, 2.45) is 0 Å². The van der Waals surface area contributed by atoms with Gasteiger partial charge in [0.05, 0.1) is 0 Å². The molecule has 0 amide bonds. The Morgan fingerprint density at radius 3 is 0.500 bits per heavy atom. The van der Waals surface area contributed by atoms with Crippen molar-refractivity contribution in [3.8, 4) is 0 Å². The second-order valence-electron chi connectivity index (χ2n) is 1.74. The molecular formula is C3H25Ba2Ca4FMgO17S2. The van der Waals surface area contributed by atoms with Crippen molar-refractivity contribution in [2.45, 2.75) is 0 Å². The molecule has 0 spiro atoms. The van der Waals surface area contributed by atoms with E-state index in [1.807, 2.05) is 0 Å². The molecule has 172 valence electrons. The van der Waals surface area contributed by atoms with Crippen LogP contribution in [0.25, 0.3) is 0 Å². The topological polar surface area (TPSA) is 322 Å². The quantitative estimate of drug-likeness (QED) is 0.0970. The van der Waals surface area contributed by atoms with E-state index >= 15 is 0 Å². The number of carbonyl (C=O) groups is 3. The third-order valence-corrected chi connectivity index (χ3v) is 0. The molecule has 0 unspecified atom stereocenters. The van der Waals surface area contributed by atoms with Gasteiger partial charge in [-0.05, 0) is 0 Å². The van der Waals surface area contributed by atoms with Crippen LogP contribution in [-0.2, 0) is 20.8 Å². The van der Waals surface area contributed by atoms with Crippen molar-refractivity contribution in [1.29, 1.82) is 0 Å². The molecule has 27 heteroatoms. The van der Waals surface area contributed by atoms with Crippen molar-refractivity contribution in [2.75, 3.05) is 0 Å². The van der Waals surface area contributed by atoms with Crippen molar-refractivity contribution < 1.29 is 105 Å². The Labute approximate surface area is 405 Å². The maximum Gasteiger partial charge on any atom is 2.00 e. The third kappa shape index (κ3) is 931. The molecule has 0 fully saturated rings. The second kappa shape index (κ2) is 55.8. The Hall–Kier alpha value is 6.43. The minimum absolute atomic E-state index is 0. The molecule has 0 aliphatic rings. The van der Waals surface area contributed by atoms with E-state index in [0.29, 0.717) is 0 Å². The van der Waals surface area contributed by atoms with Crippen LogP contribution in [0.15, 0.2) is 0 Å². The monoisotopic (exact) mass is 876 g/mol. The van der Waals surface area contributed by atoms with Crippen LogP contribution in [0.4, 0.5) is 19.1 Å². The molecular weight excluding hydrogens is 850 g/mol. The van der Waals surface area contributed by atoms with Gasteiger partial charge in [0.15, 0.2) is 0 Å². The first-order chi connectivity index (χ1) is 9.20.